The van der Waals surface area contributed by atoms with Crippen LogP contribution in [0.25, 0.3) is 0 Å². The number of ether oxygens (including phenoxy) is 2. The number of aliphatic hydroxyl groups excluding tert-OH is 1. The molecule has 0 saturated carbocycles. The molecule has 0 bridgehead atoms. The Morgan fingerprint density at radius 1 is 1.10 bits per heavy atom. The van der Waals surface area contributed by atoms with Crippen LogP contribution in [0.1, 0.15) is 34.1 Å². The van der Waals surface area contributed by atoms with Gasteiger partial charge in [0.25, 0.3) is 0 Å². The Kier molecular flexibility index (Phi) is 7.90. The number of aliphatic hydroxyl groups is 1. The van der Waals surface area contributed by atoms with Crippen molar-refractivity contribution in [2.75, 3.05) is 0 Å². The number of rotatable bonds is 8. The topological polar surface area (TPSA) is 136 Å². The molecule has 5 atom stereocenters. The largest absolute Gasteiger partial charge is 0.478 e. The Hall–Kier alpha value is -1.67. The molecule has 8 nitrogen and oxygen atoms in total. The maximum Gasteiger partial charge on any atom is 0.348 e. The molecule has 0 aliphatic rings. The average molecular weight is 305 g/mol. The normalized spacial score (nSPS) is 18.0. The lowest BCUT2D eigenvalue weighted by molar-refractivity contribution is -0.179. The Morgan fingerprint density at radius 2 is 1.62 bits per heavy atom. The van der Waals surface area contributed by atoms with Crippen molar-refractivity contribution in [3.8, 4) is 0 Å². The highest BCUT2D eigenvalue weighted by molar-refractivity contribution is 5.83. The van der Waals surface area contributed by atoms with E-state index in [0.29, 0.717) is 6.42 Å². The lowest BCUT2D eigenvalue weighted by atomic mass is 10.0. The fourth-order valence-corrected chi connectivity index (χ4v) is 1.34. The number of nitrogens with two attached hydrogens (primary N) is 1. The van der Waals surface area contributed by atoms with Crippen LogP contribution in [-0.2, 0) is 23.9 Å². The number of esters is 2. The van der Waals surface area contributed by atoms with Gasteiger partial charge in [0.1, 0.15) is 6.04 Å². The van der Waals surface area contributed by atoms with Crippen LogP contribution in [0.5, 0.6) is 0 Å². The minimum Gasteiger partial charge on any atom is -0.478 e. The second-order valence-corrected chi connectivity index (χ2v) is 4.93. The number of carboxylic acid groups (broad SMARTS) is 1. The molecule has 0 radical (unpaired) electrons. The molecule has 21 heavy (non-hydrogen) atoms. The minimum atomic E-state index is -1.31. The van der Waals surface area contributed by atoms with Crippen molar-refractivity contribution in [1.29, 1.82) is 0 Å². The first-order valence-electron chi connectivity index (χ1n) is 6.69. The van der Waals surface area contributed by atoms with Crippen molar-refractivity contribution in [3.05, 3.63) is 0 Å². The van der Waals surface area contributed by atoms with E-state index >= 15 is 0 Å². The zero-order valence-electron chi connectivity index (χ0n) is 12.6. The molecule has 0 aromatic heterocycles. The molecule has 0 amide bonds. The quantitative estimate of drug-likeness (QED) is 0.518. The van der Waals surface area contributed by atoms with Crippen LogP contribution in [0, 0.1) is 5.92 Å². The summed E-state index contributed by atoms with van der Waals surface area (Å²) in [6, 6.07) is -1.29. The van der Waals surface area contributed by atoms with Crippen molar-refractivity contribution in [3.63, 3.8) is 0 Å². The van der Waals surface area contributed by atoms with Gasteiger partial charge in [-0.15, -0.1) is 0 Å². The molecule has 2 unspecified atom stereocenters. The van der Waals surface area contributed by atoms with Crippen LogP contribution in [0.4, 0.5) is 0 Å². The summed E-state index contributed by atoms with van der Waals surface area (Å²) in [7, 11) is 0. The van der Waals surface area contributed by atoms with Crippen LogP contribution in [0.15, 0.2) is 0 Å². The third-order valence-corrected chi connectivity index (χ3v) is 3.06. The van der Waals surface area contributed by atoms with E-state index in [4.69, 9.17) is 25.4 Å². The van der Waals surface area contributed by atoms with E-state index in [1.807, 2.05) is 0 Å². The monoisotopic (exact) mass is 305 g/mol. The third-order valence-electron chi connectivity index (χ3n) is 3.06. The van der Waals surface area contributed by atoms with E-state index in [2.05, 4.69) is 0 Å². The predicted molar refractivity (Wildman–Crippen MR) is 72.2 cm³/mol. The summed E-state index contributed by atoms with van der Waals surface area (Å²) in [5, 5.41) is 18.2. The maximum atomic E-state index is 11.7. The molecule has 0 aliphatic carbocycles. The number of carbonyl (C=O) groups is 3. The molecular formula is C13H23NO7. The third kappa shape index (κ3) is 6.09. The first-order valence-corrected chi connectivity index (χ1v) is 6.69. The van der Waals surface area contributed by atoms with E-state index in [-0.39, 0.29) is 5.92 Å². The van der Waals surface area contributed by atoms with Gasteiger partial charge in [0.05, 0.1) is 6.10 Å². The van der Waals surface area contributed by atoms with Gasteiger partial charge in [-0.2, -0.15) is 0 Å². The Balaban J connectivity index is 4.64. The fourth-order valence-electron chi connectivity index (χ4n) is 1.34. The highest BCUT2D eigenvalue weighted by atomic mass is 16.6. The van der Waals surface area contributed by atoms with Crippen molar-refractivity contribution >= 4 is 17.9 Å². The molecule has 0 aliphatic heterocycles. The van der Waals surface area contributed by atoms with Gasteiger partial charge in [0.2, 0.25) is 6.10 Å². The first kappa shape index (κ1) is 19.3. The first-order chi connectivity index (χ1) is 9.61. The van der Waals surface area contributed by atoms with Crippen LogP contribution >= 0.6 is 0 Å². The van der Waals surface area contributed by atoms with Crippen molar-refractivity contribution < 1.29 is 34.1 Å². The molecule has 0 aromatic carbocycles. The molecule has 0 fully saturated rings. The van der Waals surface area contributed by atoms with Crippen LogP contribution in [0.2, 0.25) is 0 Å². The Morgan fingerprint density at radius 3 is 2.00 bits per heavy atom. The van der Waals surface area contributed by atoms with Gasteiger partial charge >= 0.3 is 17.9 Å². The summed E-state index contributed by atoms with van der Waals surface area (Å²) >= 11 is 0. The molecule has 4 N–H and O–H groups in total. The second-order valence-electron chi connectivity index (χ2n) is 4.93. The maximum absolute atomic E-state index is 11.7. The Bertz CT molecular complexity index is 383. The number of carboxylic acids is 1. The van der Waals surface area contributed by atoms with Crippen molar-refractivity contribution in [1.82, 2.24) is 0 Å². The summed E-state index contributed by atoms with van der Waals surface area (Å²) in [6.45, 7) is 5.94. The van der Waals surface area contributed by atoms with E-state index in [9.17, 15) is 14.4 Å². The molecule has 0 aromatic rings. The number of aliphatic carboxylic acids is 1. The summed E-state index contributed by atoms with van der Waals surface area (Å²) in [6.07, 6.45) is -3.25. The second kappa shape index (κ2) is 8.58. The Labute approximate surface area is 123 Å². The fraction of sp³-hybridized carbons (Fsp3) is 0.769. The number of hydrogen-bond acceptors (Lipinski definition) is 7. The van der Waals surface area contributed by atoms with Gasteiger partial charge < -0.3 is 25.4 Å². The standard InChI is InChI=1S/C13H23NO7/c1-5-6(2)10(11(16)17)21-12(18)8(4)20-13(19)9(14)7(3)15/h6-10,15H,5,14H2,1-4H3,(H,16,17)/t6?,7?,8-,9-,10-/m0/s1. The summed E-state index contributed by atoms with van der Waals surface area (Å²) < 4.78 is 9.59. The minimum absolute atomic E-state index is 0.380. The van der Waals surface area contributed by atoms with E-state index < -0.39 is 42.3 Å². The zero-order chi connectivity index (χ0) is 16.7. The van der Waals surface area contributed by atoms with Gasteiger partial charge in [-0.3, -0.25) is 4.79 Å². The van der Waals surface area contributed by atoms with Gasteiger partial charge in [-0.1, -0.05) is 13.8 Å². The smallest absolute Gasteiger partial charge is 0.348 e. The highest BCUT2D eigenvalue weighted by Gasteiger charge is 2.32. The molecule has 0 rings (SSSR count). The van der Waals surface area contributed by atoms with Crippen LogP contribution in [0.3, 0.4) is 0 Å². The van der Waals surface area contributed by atoms with Gasteiger partial charge in [0.15, 0.2) is 6.10 Å². The van der Waals surface area contributed by atoms with Crippen LogP contribution in [-0.4, -0.2) is 52.5 Å². The van der Waals surface area contributed by atoms with Crippen molar-refractivity contribution in [2.24, 2.45) is 11.7 Å². The average Bonchev–Trinajstić information content (AvgIpc) is 2.41. The highest BCUT2D eigenvalue weighted by Crippen LogP contribution is 2.13. The zero-order valence-corrected chi connectivity index (χ0v) is 12.6. The van der Waals surface area contributed by atoms with E-state index in [0.717, 1.165) is 0 Å². The van der Waals surface area contributed by atoms with Crippen LogP contribution < -0.4 is 5.73 Å². The van der Waals surface area contributed by atoms with Gasteiger partial charge in [-0.25, -0.2) is 9.59 Å². The molecule has 0 saturated heterocycles. The molecular weight excluding hydrogens is 282 g/mol. The lowest BCUT2D eigenvalue weighted by Gasteiger charge is -2.22. The summed E-state index contributed by atoms with van der Waals surface area (Å²) in [4.78, 5) is 34.3. The molecule has 122 valence electrons. The number of carbonyl (C=O) groups excluding carboxylic acids is 2. The molecule has 8 heteroatoms. The molecule has 0 spiro atoms. The SMILES string of the molecule is CCC(C)[C@H](OC(=O)[C@H](C)OC(=O)[C@@H](N)C(C)O)C(=O)O. The summed E-state index contributed by atoms with van der Waals surface area (Å²) in [5.74, 6) is -3.59. The summed E-state index contributed by atoms with van der Waals surface area (Å²) in [5.41, 5.74) is 5.36. The van der Waals surface area contributed by atoms with Gasteiger partial charge in [0, 0.05) is 5.92 Å². The molecule has 0 heterocycles. The van der Waals surface area contributed by atoms with E-state index in [1.54, 1.807) is 13.8 Å². The van der Waals surface area contributed by atoms with E-state index in [1.165, 1.54) is 13.8 Å². The lowest BCUT2D eigenvalue weighted by Crippen LogP contribution is -2.44. The number of hydrogen-bond donors (Lipinski definition) is 3. The van der Waals surface area contributed by atoms with Gasteiger partial charge in [-0.05, 0) is 20.3 Å². The predicted octanol–water partition coefficient (Wildman–Crippen LogP) is -0.331. The van der Waals surface area contributed by atoms with Crippen molar-refractivity contribution in [2.45, 2.75) is 58.5 Å².